The van der Waals surface area contributed by atoms with Gasteiger partial charge in [0.2, 0.25) is 0 Å². The monoisotopic (exact) mass is 215 g/mol. The molecule has 1 heterocycles. The zero-order valence-electron chi connectivity index (χ0n) is 6.22. The van der Waals surface area contributed by atoms with Crippen LogP contribution in [0.2, 0.25) is 0 Å². The molecule has 1 rings (SSSR count). The summed E-state index contributed by atoms with van der Waals surface area (Å²) in [6.45, 7) is -5.01. The van der Waals surface area contributed by atoms with Crippen LogP contribution in [0.4, 0.5) is 12.9 Å². The quantitative estimate of drug-likeness (QED) is 0.533. The minimum atomic E-state index is -5.01. The number of thiophene rings is 1. The first-order valence-corrected chi connectivity index (χ1v) is 3.66. The summed E-state index contributed by atoms with van der Waals surface area (Å²) in [4.78, 5) is 0. The van der Waals surface area contributed by atoms with Crippen LogP contribution in [-0.4, -0.2) is 6.98 Å². The largest absolute Gasteiger partial charge is 1.00 e. The summed E-state index contributed by atoms with van der Waals surface area (Å²) in [7, 11) is 0. The number of nitrogens with zero attached hydrogens (tertiary/aromatic N) is 1. The van der Waals surface area contributed by atoms with Crippen molar-refractivity contribution in [3.63, 3.8) is 0 Å². The van der Waals surface area contributed by atoms with Crippen LogP contribution >= 0.6 is 11.3 Å². The zero-order chi connectivity index (χ0) is 8.48. The maximum Gasteiger partial charge on any atom is 1.00 e. The molecule has 0 aliphatic heterocycles. The van der Waals surface area contributed by atoms with Crippen molar-refractivity contribution in [1.29, 1.82) is 5.26 Å². The van der Waals surface area contributed by atoms with E-state index >= 15 is 0 Å². The average molecular weight is 215 g/mol. The number of nitriles is 1. The molecule has 12 heavy (non-hydrogen) atoms. The standard InChI is InChI=1S/C5H2BF3NS.K/c7-6(8,9)5-3-11-2-4(5)1-10;/h2-3H;/q-1;+1. The Balaban J connectivity index is 0.00000121. The molecule has 1 aromatic heterocycles. The number of halogens is 3. The summed E-state index contributed by atoms with van der Waals surface area (Å²) in [5.74, 6) is 0. The number of hydrogen-bond donors (Lipinski definition) is 0. The van der Waals surface area contributed by atoms with E-state index in [2.05, 4.69) is 0 Å². The molecular weight excluding hydrogens is 213 g/mol. The second-order valence-corrected chi connectivity index (χ2v) is 2.67. The van der Waals surface area contributed by atoms with E-state index in [-0.39, 0.29) is 56.9 Å². The third-order valence-corrected chi connectivity index (χ3v) is 1.93. The van der Waals surface area contributed by atoms with Gasteiger partial charge in [0.1, 0.15) is 0 Å². The van der Waals surface area contributed by atoms with Gasteiger partial charge >= 0.3 is 58.4 Å². The van der Waals surface area contributed by atoms with Crippen molar-refractivity contribution in [2.24, 2.45) is 0 Å². The zero-order valence-corrected chi connectivity index (χ0v) is 10.2. The van der Waals surface area contributed by atoms with Gasteiger partial charge < -0.3 is 12.9 Å². The third kappa shape index (κ3) is 2.87. The van der Waals surface area contributed by atoms with E-state index in [1.54, 1.807) is 0 Å². The van der Waals surface area contributed by atoms with E-state index in [0.29, 0.717) is 0 Å². The number of hydrogen-bond acceptors (Lipinski definition) is 2. The SMILES string of the molecule is N#Cc1cscc1[B-](F)(F)F.[K+]. The predicted molar refractivity (Wildman–Crippen MR) is 37.7 cm³/mol. The van der Waals surface area contributed by atoms with Gasteiger partial charge in [0.25, 0.3) is 0 Å². The molecule has 0 unspecified atom stereocenters. The van der Waals surface area contributed by atoms with Gasteiger partial charge in [-0.25, -0.2) is 0 Å². The van der Waals surface area contributed by atoms with Gasteiger partial charge in [-0.15, -0.1) is 0 Å². The van der Waals surface area contributed by atoms with Gasteiger partial charge in [0.15, 0.2) is 0 Å². The van der Waals surface area contributed by atoms with Gasteiger partial charge in [0, 0.05) is 10.9 Å². The summed E-state index contributed by atoms with van der Waals surface area (Å²) in [5, 5.41) is 10.4. The van der Waals surface area contributed by atoms with Gasteiger partial charge in [0.05, 0.1) is 6.07 Å². The summed E-state index contributed by atoms with van der Waals surface area (Å²) >= 11 is 0.891. The molecule has 0 aliphatic carbocycles. The van der Waals surface area contributed by atoms with Gasteiger partial charge in [-0.05, 0) is 5.38 Å². The van der Waals surface area contributed by atoms with Crippen molar-refractivity contribution in [3.8, 4) is 6.07 Å². The fourth-order valence-electron chi connectivity index (χ4n) is 0.651. The minimum Gasteiger partial charge on any atom is -0.445 e. The summed E-state index contributed by atoms with van der Waals surface area (Å²) in [6, 6.07) is 1.49. The molecule has 0 bridgehead atoms. The van der Waals surface area contributed by atoms with Crippen molar-refractivity contribution < 1.29 is 64.3 Å². The molecule has 0 spiro atoms. The molecule has 0 atom stereocenters. The average Bonchev–Trinajstić information content (AvgIpc) is 2.31. The number of rotatable bonds is 1. The second-order valence-electron chi connectivity index (χ2n) is 1.93. The third-order valence-electron chi connectivity index (χ3n) is 1.17. The molecule has 0 N–H and O–H groups in total. The molecule has 0 saturated carbocycles. The van der Waals surface area contributed by atoms with E-state index in [4.69, 9.17) is 5.26 Å². The molecular formula is C5H2BF3KNS. The van der Waals surface area contributed by atoms with Crippen LogP contribution in [0.1, 0.15) is 5.56 Å². The Labute approximate surface area is 114 Å². The van der Waals surface area contributed by atoms with Crippen LogP contribution < -0.4 is 56.8 Å². The summed E-state index contributed by atoms with van der Waals surface area (Å²) < 4.78 is 36.0. The topological polar surface area (TPSA) is 23.8 Å². The van der Waals surface area contributed by atoms with Crippen LogP contribution in [0.5, 0.6) is 0 Å². The van der Waals surface area contributed by atoms with Crippen molar-refractivity contribution >= 4 is 23.8 Å². The molecule has 1 aromatic rings. The van der Waals surface area contributed by atoms with Crippen molar-refractivity contribution in [2.75, 3.05) is 0 Å². The van der Waals surface area contributed by atoms with Crippen LogP contribution in [0, 0.1) is 11.3 Å². The van der Waals surface area contributed by atoms with E-state index in [1.807, 2.05) is 0 Å². The smallest absolute Gasteiger partial charge is 0.445 e. The van der Waals surface area contributed by atoms with Crippen LogP contribution in [0.15, 0.2) is 10.8 Å². The Morgan fingerprint density at radius 1 is 1.33 bits per heavy atom. The molecule has 1 nitrogen and oxygen atoms in total. The van der Waals surface area contributed by atoms with Gasteiger partial charge in [-0.2, -0.15) is 16.6 Å². The first kappa shape index (κ1) is 12.7. The van der Waals surface area contributed by atoms with E-state index in [1.165, 1.54) is 11.4 Å². The summed E-state index contributed by atoms with van der Waals surface area (Å²) in [6.07, 6.45) is 0. The summed E-state index contributed by atoms with van der Waals surface area (Å²) in [5.41, 5.74) is -1.06. The molecule has 0 aromatic carbocycles. The Bertz CT molecular complexity index is 302. The van der Waals surface area contributed by atoms with Crippen molar-refractivity contribution in [1.82, 2.24) is 0 Å². The Hall–Kier alpha value is 0.681. The van der Waals surface area contributed by atoms with E-state index in [0.717, 1.165) is 16.7 Å². The first-order valence-electron chi connectivity index (χ1n) is 2.72. The molecule has 0 saturated heterocycles. The molecule has 0 fully saturated rings. The minimum absolute atomic E-state index is 0. The van der Waals surface area contributed by atoms with Gasteiger partial charge in [-0.3, -0.25) is 0 Å². The molecule has 0 amide bonds. The Morgan fingerprint density at radius 3 is 2.25 bits per heavy atom. The van der Waals surface area contributed by atoms with Crippen LogP contribution in [0.25, 0.3) is 0 Å². The second kappa shape index (κ2) is 4.79. The Kier molecular flexibility index (Phi) is 5.06. The Morgan fingerprint density at radius 2 is 1.92 bits per heavy atom. The van der Waals surface area contributed by atoms with E-state index < -0.39 is 12.4 Å². The maximum atomic E-state index is 12.0. The fourth-order valence-corrected chi connectivity index (χ4v) is 1.47. The normalized spacial score (nSPS) is 10.2. The fraction of sp³-hybridized carbons (Fsp3) is 0. The van der Waals surface area contributed by atoms with Crippen molar-refractivity contribution in [3.05, 3.63) is 16.3 Å². The van der Waals surface area contributed by atoms with Crippen LogP contribution in [0.3, 0.4) is 0 Å². The molecule has 58 valence electrons. The predicted octanol–water partition coefficient (Wildman–Crippen LogP) is -1.32. The van der Waals surface area contributed by atoms with Crippen molar-refractivity contribution in [2.45, 2.75) is 0 Å². The van der Waals surface area contributed by atoms with Gasteiger partial charge in [-0.1, -0.05) is 5.46 Å². The van der Waals surface area contributed by atoms with E-state index in [9.17, 15) is 12.9 Å². The molecule has 0 radical (unpaired) electrons. The molecule has 7 heteroatoms. The maximum absolute atomic E-state index is 12.0. The first-order chi connectivity index (χ1) is 5.05. The molecule has 0 aliphatic rings. The van der Waals surface area contributed by atoms with Crippen LogP contribution in [-0.2, 0) is 0 Å².